The first-order valence-electron chi connectivity index (χ1n) is 5.61. The first-order chi connectivity index (χ1) is 8.66. The van der Waals surface area contributed by atoms with Gasteiger partial charge in [0.25, 0.3) is 0 Å². The maximum absolute atomic E-state index is 11.2. The molecule has 0 radical (unpaired) electrons. The molecule has 0 aromatic heterocycles. The Morgan fingerprint density at radius 3 is 3.06 bits per heavy atom. The van der Waals surface area contributed by atoms with Crippen molar-refractivity contribution in [2.45, 2.75) is 0 Å². The largest absolute Gasteiger partial charge is 0.492 e. The van der Waals surface area contributed by atoms with Gasteiger partial charge >= 0.3 is 6.09 Å². The van der Waals surface area contributed by atoms with E-state index in [0.29, 0.717) is 37.0 Å². The van der Waals surface area contributed by atoms with Crippen LogP contribution in [0, 0.1) is 0 Å². The van der Waals surface area contributed by atoms with Gasteiger partial charge in [-0.15, -0.1) is 0 Å². The molecule has 5 nitrogen and oxygen atoms in total. The second kappa shape index (κ2) is 5.68. The Kier molecular flexibility index (Phi) is 3.99. The molecule has 18 heavy (non-hydrogen) atoms. The molecule has 0 unspecified atom stereocenters. The molecular formula is C12H14N2O3S. The van der Waals surface area contributed by atoms with Gasteiger partial charge in [0.05, 0.1) is 13.1 Å². The standard InChI is InChI=1S/C12H14N2O3S/c13-11(18)9-2-1-3-10(8-9)16-6-4-14-5-7-17-12(14)15/h1-3,8H,4-7H2,(H2,13,18). The zero-order chi connectivity index (χ0) is 13.0. The van der Waals surface area contributed by atoms with E-state index in [4.69, 9.17) is 27.4 Å². The van der Waals surface area contributed by atoms with Crippen molar-refractivity contribution >= 4 is 23.3 Å². The number of nitrogens with zero attached hydrogens (tertiary/aromatic N) is 1. The predicted octanol–water partition coefficient (Wildman–Crippen LogP) is 1.15. The van der Waals surface area contributed by atoms with Crippen LogP contribution in [0.5, 0.6) is 5.75 Å². The second-order valence-electron chi connectivity index (χ2n) is 3.84. The highest BCUT2D eigenvalue weighted by molar-refractivity contribution is 7.80. The van der Waals surface area contributed by atoms with Gasteiger partial charge in [-0.05, 0) is 12.1 Å². The topological polar surface area (TPSA) is 64.8 Å². The van der Waals surface area contributed by atoms with Crippen LogP contribution in [0.15, 0.2) is 24.3 Å². The summed E-state index contributed by atoms with van der Waals surface area (Å²) >= 11 is 4.89. The quantitative estimate of drug-likeness (QED) is 0.810. The summed E-state index contributed by atoms with van der Waals surface area (Å²) in [7, 11) is 0. The number of hydrogen-bond donors (Lipinski definition) is 1. The number of thiocarbonyl (C=S) groups is 1. The summed E-state index contributed by atoms with van der Waals surface area (Å²) in [4.78, 5) is 13.1. The van der Waals surface area contributed by atoms with E-state index in [1.807, 2.05) is 18.2 Å². The number of ether oxygens (including phenoxy) is 2. The SMILES string of the molecule is NC(=S)c1cccc(OCCN2CCOC2=O)c1. The third-order valence-corrected chi connectivity index (χ3v) is 2.83. The Labute approximate surface area is 110 Å². The highest BCUT2D eigenvalue weighted by Gasteiger charge is 2.21. The molecule has 1 aliphatic heterocycles. The molecule has 0 spiro atoms. The molecule has 0 saturated carbocycles. The molecule has 1 amide bonds. The van der Waals surface area contributed by atoms with Crippen LogP contribution in [-0.2, 0) is 4.74 Å². The summed E-state index contributed by atoms with van der Waals surface area (Å²) in [5.74, 6) is 0.688. The molecule has 1 aromatic rings. The van der Waals surface area contributed by atoms with Crippen LogP contribution in [0.3, 0.4) is 0 Å². The lowest BCUT2D eigenvalue weighted by molar-refractivity contribution is 0.153. The van der Waals surface area contributed by atoms with Crippen LogP contribution in [0.2, 0.25) is 0 Å². The van der Waals surface area contributed by atoms with E-state index < -0.39 is 0 Å². The van der Waals surface area contributed by atoms with E-state index in [1.54, 1.807) is 11.0 Å². The van der Waals surface area contributed by atoms with Crippen molar-refractivity contribution in [1.82, 2.24) is 4.90 Å². The summed E-state index contributed by atoms with van der Waals surface area (Å²) in [6.07, 6.45) is -0.282. The first-order valence-corrected chi connectivity index (χ1v) is 6.02. The molecule has 96 valence electrons. The van der Waals surface area contributed by atoms with Crippen LogP contribution in [0.1, 0.15) is 5.56 Å². The number of amides is 1. The fourth-order valence-electron chi connectivity index (χ4n) is 1.64. The minimum absolute atomic E-state index is 0.282. The molecule has 1 aliphatic rings. The predicted molar refractivity (Wildman–Crippen MR) is 70.7 cm³/mol. The lowest BCUT2D eigenvalue weighted by atomic mass is 10.2. The van der Waals surface area contributed by atoms with E-state index in [0.717, 1.165) is 5.56 Å². The van der Waals surface area contributed by atoms with Crippen molar-refractivity contribution in [2.24, 2.45) is 5.73 Å². The molecule has 1 fully saturated rings. The van der Waals surface area contributed by atoms with Gasteiger partial charge in [0, 0.05) is 5.56 Å². The van der Waals surface area contributed by atoms with Crippen LogP contribution < -0.4 is 10.5 Å². The Morgan fingerprint density at radius 2 is 2.39 bits per heavy atom. The average molecular weight is 266 g/mol. The normalized spacial score (nSPS) is 14.4. The van der Waals surface area contributed by atoms with Gasteiger partial charge in [-0.1, -0.05) is 24.4 Å². The van der Waals surface area contributed by atoms with Gasteiger partial charge in [0.15, 0.2) is 0 Å². The van der Waals surface area contributed by atoms with Crippen molar-refractivity contribution in [2.75, 3.05) is 26.3 Å². The third-order valence-electron chi connectivity index (χ3n) is 2.59. The van der Waals surface area contributed by atoms with Crippen molar-refractivity contribution in [3.05, 3.63) is 29.8 Å². The average Bonchev–Trinajstić information content (AvgIpc) is 2.76. The summed E-state index contributed by atoms with van der Waals surface area (Å²) < 4.78 is 10.4. The summed E-state index contributed by atoms with van der Waals surface area (Å²) in [6.45, 7) is 2.00. The molecular weight excluding hydrogens is 252 g/mol. The van der Waals surface area contributed by atoms with Gasteiger partial charge in [0.2, 0.25) is 0 Å². The van der Waals surface area contributed by atoms with Crippen molar-refractivity contribution in [3.8, 4) is 5.75 Å². The molecule has 1 saturated heterocycles. The van der Waals surface area contributed by atoms with Gasteiger partial charge < -0.3 is 20.1 Å². The number of rotatable bonds is 5. The molecule has 2 rings (SSSR count). The van der Waals surface area contributed by atoms with Crippen molar-refractivity contribution in [1.29, 1.82) is 0 Å². The lowest BCUT2D eigenvalue weighted by Crippen LogP contribution is -2.29. The number of hydrogen-bond acceptors (Lipinski definition) is 4. The summed E-state index contributed by atoms with van der Waals surface area (Å²) in [6, 6.07) is 7.26. The Hall–Kier alpha value is -1.82. The van der Waals surface area contributed by atoms with Crippen LogP contribution in [0.4, 0.5) is 4.79 Å². The lowest BCUT2D eigenvalue weighted by Gasteiger charge is -2.13. The minimum Gasteiger partial charge on any atom is -0.492 e. The molecule has 2 N–H and O–H groups in total. The second-order valence-corrected chi connectivity index (χ2v) is 4.28. The number of benzene rings is 1. The minimum atomic E-state index is -0.282. The smallest absolute Gasteiger partial charge is 0.410 e. The van der Waals surface area contributed by atoms with Gasteiger partial charge in [-0.2, -0.15) is 0 Å². The van der Waals surface area contributed by atoms with Gasteiger partial charge in [-0.3, -0.25) is 0 Å². The third kappa shape index (κ3) is 3.10. The van der Waals surface area contributed by atoms with E-state index in [1.165, 1.54) is 0 Å². The van der Waals surface area contributed by atoms with Gasteiger partial charge in [0.1, 0.15) is 24.0 Å². The molecule has 6 heteroatoms. The van der Waals surface area contributed by atoms with E-state index in [9.17, 15) is 4.79 Å². The fraction of sp³-hybridized carbons (Fsp3) is 0.333. The van der Waals surface area contributed by atoms with Gasteiger partial charge in [-0.25, -0.2) is 4.79 Å². The van der Waals surface area contributed by atoms with Crippen LogP contribution >= 0.6 is 12.2 Å². The summed E-state index contributed by atoms with van der Waals surface area (Å²) in [5, 5.41) is 0. The molecule has 1 aromatic carbocycles. The Morgan fingerprint density at radius 1 is 1.56 bits per heavy atom. The van der Waals surface area contributed by atoms with Crippen molar-refractivity contribution < 1.29 is 14.3 Å². The molecule has 0 aliphatic carbocycles. The highest BCUT2D eigenvalue weighted by atomic mass is 32.1. The van der Waals surface area contributed by atoms with E-state index in [-0.39, 0.29) is 6.09 Å². The van der Waals surface area contributed by atoms with E-state index in [2.05, 4.69) is 0 Å². The van der Waals surface area contributed by atoms with Crippen LogP contribution in [-0.4, -0.2) is 42.3 Å². The molecule has 0 atom stereocenters. The number of carbonyl (C=O) groups excluding carboxylic acids is 1. The fourth-order valence-corrected chi connectivity index (χ4v) is 1.77. The number of nitrogens with two attached hydrogens (primary N) is 1. The Bertz CT molecular complexity index is 464. The highest BCUT2D eigenvalue weighted by Crippen LogP contribution is 2.13. The zero-order valence-electron chi connectivity index (χ0n) is 9.80. The maximum Gasteiger partial charge on any atom is 0.410 e. The first kappa shape index (κ1) is 12.6. The van der Waals surface area contributed by atoms with E-state index >= 15 is 0 Å². The maximum atomic E-state index is 11.2. The van der Waals surface area contributed by atoms with Crippen LogP contribution in [0.25, 0.3) is 0 Å². The summed E-state index contributed by atoms with van der Waals surface area (Å²) in [5.41, 5.74) is 6.30. The molecule has 1 heterocycles. The monoisotopic (exact) mass is 266 g/mol. The van der Waals surface area contributed by atoms with Crippen molar-refractivity contribution in [3.63, 3.8) is 0 Å². The Balaban J connectivity index is 1.84. The molecule has 0 bridgehead atoms. The number of cyclic esters (lactones) is 1. The zero-order valence-corrected chi connectivity index (χ0v) is 10.6. The number of carbonyl (C=O) groups is 1.